The highest BCUT2D eigenvalue weighted by molar-refractivity contribution is 6.10. The van der Waals surface area contributed by atoms with Gasteiger partial charge in [-0.2, -0.15) is 0 Å². The van der Waals surface area contributed by atoms with Crippen LogP contribution in [-0.4, -0.2) is 52.8 Å². The van der Waals surface area contributed by atoms with E-state index in [-0.39, 0.29) is 31.3 Å². The molecule has 1 heterocycles. The third-order valence-electron chi connectivity index (χ3n) is 3.42. The number of hydrogen-bond donors (Lipinski definition) is 1. The minimum absolute atomic E-state index is 0.107. The molecule has 0 radical (unpaired) electrons. The Balaban J connectivity index is 2.05. The largest absolute Gasteiger partial charge is 0.481 e. The summed E-state index contributed by atoms with van der Waals surface area (Å²) >= 11 is 0. The van der Waals surface area contributed by atoms with Crippen LogP contribution < -0.4 is 0 Å². The van der Waals surface area contributed by atoms with Crippen LogP contribution in [0.4, 0.5) is 0 Å². The number of aliphatic carboxylic acids is 1. The van der Waals surface area contributed by atoms with Crippen LogP contribution in [0.15, 0.2) is 30.8 Å². The van der Waals surface area contributed by atoms with Crippen LogP contribution in [0.2, 0.25) is 0 Å². The Kier molecular flexibility index (Phi) is 4.07. The van der Waals surface area contributed by atoms with Crippen LogP contribution in [0, 0.1) is 0 Å². The highest BCUT2D eigenvalue weighted by Gasteiger charge is 2.32. The van der Waals surface area contributed by atoms with E-state index in [0.717, 1.165) is 5.56 Å². The quantitative estimate of drug-likeness (QED) is 0.878. The van der Waals surface area contributed by atoms with E-state index in [1.807, 2.05) is 6.07 Å². The molecule has 0 aliphatic carbocycles. The Morgan fingerprint density at radius 2 is 1.90 bits per heavy atom. The zero-order chi connectivity index (χ0) is 15.6. The standard InChI is InChI=1S/C15H16N2O4/c1-10-11-5-3-4-6-12(11)15(21)17(10)9-13(18)16(2)8-7-14(19)20/h3-6H,1,7-9H2,2H3,(H,19,20). The summed E-state index contributed by atoms with van der Waals surface area (Å²) in [6.07, 6.45) is -0.128. The highest BCUT2D eigenvalue weighted by Crippen LogP contribution is 2.30. The van der Waals surface area contributed by atoms with Gasteiger partial charge >= 0.3 is 5.97 Å². The van der Waals surface area contributed by atoms with Crippen molar-refractivity contribution in [2.24, 2.45) is 0 Å². The summed E-state index contributed by atoms with van der Waals surface area (Å²) in [5, 5.41) is 8.61. The van der Waals surface area contributed by atoms with E-state index in [2.05, 4.69) is 6.58 Å². The molecule has 0 saturated carbocycles. The Morgan fingerprint density at radius 3 is 2.48 bits per heavy atom. The van der Waals surface area contributed by atoms with Crippen molar-refractivity contribution in [3.63, 3.8) is 0 Å². The fourth-order valence-corrected chi connectivity index (χ4v) is 2.15. The van der Waals surface area contributed by atoms with Crippen LogP contribution in [0.25, 0.3) is 5.70 Å². The molecule has 1 aliphatic heterocycles. The second-order valence-electron chi connectivity index (χ2n) is 4.84. The summed E-state index contributed by atoms with van der Waals surface area (Å²) in [6.45, 7) is 3.82. The first-order valence-electron chi connectivity index (χ1n) is 6.47. The van der Waals surface area contributed by atoms with Gasteiger partial charge in [-0.1, -0.05) is 24.8 Å². The number of fused-ring (bicyclic) bond motifs is 1. The summed E-state index contributed by atoms with van der Waals surface area (Å²) in [5.74, 6) is -1.54. The van der Waals surface area contributed by atoms with Gasteiger partial charge in [-0.15, -0.1) is 0 Å². The number of hydrogen-bond acceptors (Lipinski definition) is 3. The second kappa shape index (κ2) is 5.78. The predicted molar refractivity (Wildman–Crippen MR) is 76.4 cm³/mol. The average molecular weight is 288 g/mol. The summed E-state index contributed by atoms with van der Waals surface area (Å²) < 4.78 is 0. The molecule has 0 unspecified atom stereocenters. The molecule has 0 aromatic heterocycles. The fraction of sp³-hybridized carbons (Fsp3) is 0.267. The molecular weight excluding hydrogens is 272 g/mol. The molecular formula is C15H16N2O4. The Morgan fingerprint density at radius 1 is 1.29 bits per heavy atom. The van der Waals surface area contributed by atoms with Crippen molar-refractivity contribution in [3.8, 4) is 0 Å². The third kappa shape index (κ3) is 2.94. The maximum absolute atomic E-state index is 12.2. The first-order chi connectivity index (χ1) is 9.91. The van der Waals surface area contributed by atoms with E-state index < -0.39 is 5.97 Å². The van der Waals surface area contributed by atoms with Crippen LogP contribution >= 0.6 is 0 Å². The van der Waals surface area contributed by atoms with E-state index in [9.17, 15) is 14.4 Å². The SMILES string of the molecule is C=C1c2ccccc2C(=O)N1CC(=O)N(C)CCC(=O)O. The molecule has 0 bridgehead atoms. The molecule has 0 saturated heterocycles. The van der Waals surface area contributed by atoms with Crippen molar-refractivity contribution in [1.82, 2.24) is 9.80 Å². The van der Waals surface area contributed by atoms with Gasteiger partial charge in [-0.25, -0.2) is 0 Å². The molecule has 2 rings (SSSR count). The van der Waals surface area contributed by atoms with Crippen molar-refractivity contribution in [2.75, 3.05) is 20.1 Å². The zero-order valence-corrected chi connectivity index (χ0v) is 11.7. The molecule has 2 amide bonds. The van der Waals surface area contributed by atoms with Crippen LogP contribution in [0.5, 0.6) is 0 Å². The predicted octanol–water partition coefficient (Wildman–Crippen LogP) is 1.05. The van der Waals surface area contributed by atoms with Gasteiger partial charge in [0, 0.05) is 30.4 Å². The van der Waals surface area contributed by atoms with Crippen molar-refractivity contribution in [2.45, 2.75) is 6.42 Å². The Bertz CT molecular complexity index is 589. The fourth-order valence-electron chi connectivity index (χ4n) is 2.15. The molecule has 6 nitrogen and oxygen atoms in total. The number of carboxylic acids is 1. The van der Waals surface area contributed by atoms with Gasteiger partial charge in [0.15, 0.2) is 0 Å². The number of carboxylic acid groups (broad SMARTS) is 1. The smallest absolute Gasteiger partial charge is 0.305 e. The molecule has 1 aliphatic rings. The highest BCUT2D eigenvalue weighted by atomic mass is 16.4. The van der Waals surface area contributed by atoms with Gasteiger partial charge in [-0.05, 0) is 6.07 Å². The number of nitrogens with zero attached hydrogens (tertiary/aromatic N) is 2. The topological polar surface area (TPSA) is 77.9 Å². The lowest BCUT2D eigenvalue weighted by molar-refractivity contribution is -0.138. The number of carbonyl (C=O) groups excluding carboxylic acids is 2. The number of carbonyl (C=O) groups is 3. The molecule has 0 atom stereocenters. The molecule has 1 aromatic carbocycles. The maximum Gasteiger partial charge on any atom is 0.305 e. The summed E-state index contributed by atoms with van der Waals surface area (Å²) in [7, 11) is 1.52. The molecule has 6 heteroatoms. The lowest BCUT2D eigenvalue weighted by atomic mass is 10.1. The summed E-state index contributed by atoms with van der Waals surface area (Å²) in [5.41, 5.74) is 1.75. The van der Waals surface area contributed by atoms with E-state index in [1.165, 1.54) is 16.8 Å². The van der Waals surface area contributed by atoms with E-state index in [1.54, 1.807) is 18.2 Å². The first kappa shape index (κ1) is 14.8. The van der Waals surface area contributed by atoms with E-state index in [4.69, 9.17) is 5.11 Å². The lowest BCUT2D eigenvalue weighted by Gasteiger charge is -2.21. The van der Waals surface area contributed by atoms with Crippen LogP contribution in [0.3, 0.4) is 0 Å². The van der Waals surface area contributed by atoms with Crippen molar-refractivity contribution >= 4 is 23.5 Å². The average Bonchev–Trinajstić information content (AvgIpc) is 2.70. The van der Waals surface area contributed by atoms with Crippen LogP contribution in [-0.2, 0) is 9.59 Å². The summed E-state index contributed by atoms with van der Waals surface area (Å²) in [4.78, 5) is 37.4. The van der Waals surface area contributed by atoms with Crippen molar-refractivity contribution < 1.29 is 19.5 Å². The zero-order valence-electron chi connectivity index (χ0n) is 11.7. The van der Waals surface area contributed by atoms with Crippen LogP contribution in [0.1, 0.15) is 22.3 Å². The Labute approximate surface area is 122 Å². The number of rotatable bonds is 5. The summed E-state index contributed by atoms with van der Waals surface area (Å²) in [6, 6.07) is 7.05. The minimum Gasteiger partial charge on any atom is -0.481 e. The monoisotopic (exact) mass is 288 g/mol. The van der Waals surface area contributed by atoms with Gasteiger partial charge in [0.25, 0.3) is 5.91 Å². The second-order valence-corrected chi connectivity index (χ2v) is 4.84. The van der Waals surface area contributed by atoms with E-state index in [0.29, 0.717) is 11.3 Å². The molecule has 1 N–H and O–H groups in total. The number of amides is 2. The van der Waals surface area contributed by atoms with Gasteiger partial charge in [0.2, 0.25) is 5.91 Å². The Hall–Kier alpha value is -2.63. The maximum atomic E-state index is 12.2. The lowest BCUT2D eigenvalue weighted by Crippen LogP contribution is -2.38. The van der Waals surface area contributed by atoms with Gasteiger partial charge < -0.3 is 10.0 Å². The third-order valence-corrected chi connectivity index (χ3v) is 3.42. The number of likely N-dealkylation sites (N-methyl/N-ethyl adjacent to an activating group) is 1. The molecule has 1 aromatic rings. The molecule has 0 fully saturated rings. The first-order valence-corrected chi connectivity index (χ1v) is 6.47. The molecule has 21 heavy (non-hydrogen) atoms. The normalized spacial score (nSPS) is 13.3. The van der Waals surface area contributed by atoms with Crippen molar-refractivity contribution in [1.29, 1.82) is 0 Å². The van der Waals surface area contributed by atoms with Gasteiger partial charge in [0.1, 0.15) is 6.54 Å². The molecule has 110 valence electrons. The van der Waals surface area contributed by atoms with Crippen molar-refractivity contribution in [3.05, 3.63) is 42.0 Å². The molecule has 0 spiro atoms. The van der Waals surface area contributed by atoms with Gasteiger partial charge in [0.05, 0.1) is 6.42 Å². The van der Waals surface area contributed by atoms with Gasteiger partial charge in [-0.3, -0.25) is 19.3 Å². The van der Waals surface area contributed by atoms with E-state index >= 15 is 0 Å². The number of benzene rings is 1. The minimum atomic E-state index is -0.969.